The van der Waals surface area contributed by atoms with Gasteiger partial charge in [-0.1, -0.05) is 12.1 Å². The van der Waals surface area contributed by atoms with Gasteiger partial charge >= 0.3 is 0 Å². The van der Waals surface area contributed by atoms with Gasteiger partial charge in [0.2, 0.25) is 6.10 Å². The standard InChI is InChI=1S/C12H13NO4/c1-8(14)6-13-12(15)11-7-16-9-4-2-3-5-10(9)17-11/h2-5,11H,6-7H2,1H3,(H,13,15). The maximum Gasteiger partial charge on any atom is 0.265 e. The molecule has 0 saturated heterocycles. The molecule has 90 valence electrons. The Kier molecular flexibility index (Phi) is 3.27. The van der Waals surface area contributed by atoms with E-state index < -0.39 is 6.10 Å². The number of ketones is 1. The third kappa shape index (κ3) is 2.75. The molecule has 1 aromatic rings. The molecule has 0 saturated carbocycles. The average molecular weight is 235 g/mol. The molecular weight excluding hydrogens is 222 g/mol. The molecule has 1 amide bonds. The van der Waals surface area contributed by atoms with Gasteiger partial charge in [-0.3, -0.25) is 9.59 Å². The first-order chi connectivity index (χ1) is 8.16. The third-order valence-electron chi connectivity index (χ3n) is 2.31. The molecule has 1 aliphatic heterocycles. The van der Waals surface area contributed by atoms with E-state index in [2.05, 4.69) is 5.32 Å². The van der Waals surface area contributed by atoms with Gasteiger partial charge in [0.1, 0.15) is 12.4 Å². The number of amides is 1. The van der Waals surface area contributed by atoms with Crippen LogP contribution in [0.4, 0.5) is 0 Å². The molecule has 0 radical (unpaired) electrons. The number of hydrogen-bond acceptors (Lipinski definition) is 4. The summed E-state index contributed by atoms with van der Waals surface area (Å²) in [6, 6.07) is 7.15. The number of Topliss-reactive ketones (excluding diaryl/α,β-unsaturated/α-hetero) is 1. The van der Waals surface area contributed by atoms with Crippen LogP contribution in [0.25, 0.3) is 0 Å². The molecule has 0 fully saturated rings. The molecule has 1 N–H and O–H groups in total. The smallest absolute Gasteiger partial charge is 0.265 e. The largest absolute Gasteiger partial charge is 0.485 e. The molecule has 5 heteroatoms. The van der Waals surface area contributed by atoms with E-state index in [0.717, 1.165) is 0 Å². The molecule has 0 spiro atoms. The van der Waals surface area contributed by atoms with Gasteiger partial charge in [0.05, 0.1) is 6.54 Å². The van der Waals surface area contributed by atoms with Crippen molar-refractivity contribution in [1.82, 2.24) is 5.32 Å². The molecule has 2 rings (SSSR count). The van der Waals surface area contributed by atoms with Crippen molar-refractivity contribution >= 4 is 11.7 Å². The van der Waals surface area contributed by atoms with Crippen molar-refractivity contribution in [2.45, 2.75) is 13.0 Å². The van der Waals surface area contributed by atoms with Gasteiger partial charge in [-0.15, -0.1) is 0 Å². The minimum Gasteiger partial charge on any atom is -0.485 e. The van der Waals surface area contributed by atoms with Crippen LogP contribution < -0.4 is 14.8 Å². The number of fused-ring (bicyclic) bond motifs is 1. The molecule has 1 unspecified atom stereocenters. The summed E-state index contributed by atoms with van der Waals surface area (Å²) in [5, 5.41) is 2.49. The van der Waals surface area contributed by atoms with Gasteiger partial charge in [-0.05, 0) is 19.1 Å². The van der Waals surface area contributed by atoms with Crippen LogP contribution >= 0.6 is 0 Å². The zero-order valence-electron chi connectivity index (χ0n) is 9.43. The van der Waals surface area contributed by atoms with Gasteiger partial charge in [0.15, 0.2) is 11.5 Å². The summed E-state index contributed by atoms with van der Waals surface area (Å²) in [6.07, 6.45) is -0.704. The maximum absolute atomic E-state index is 11.6. The highest BCUT2D eigenvalue weighted by Crippen LogP contribution is 2.30. The first-order valence-corrected chi connectivity index (χ1v) is 5.32. The number of carbonyl (C=O) groups excluding carboxylic acids is 2. The Bertz CT molecular complexity index is 444. The Morgan fingerprint density at radius 2 is 2.06 bits per heavy atom. The first-order valence-electron chi connectivity index (χ1n) is 5.32. The number of hydrogen-bond donors (Lipinski definition) is 1. The van der Waals surface area contributed by atoms with Crippen LogP contribution in [-0.2, 0) is 9.59 Å². The average Bonchev–Trinajstić information content (AvgIpc) is 2.35. The van der Waals surface area contributed by atoms with Crippen molar-refractivity contribution in [3.63, 3.8) is 0 Å². The molecule has 0 aromatic heterocycles. The molecule has 5 nitrogen and oxygen atoms in total. The van der Waals surface area contributed by atoms with Gasteiger partial charge in [-0.2, -0.15) is 0 Å². The van der Waals surface area contributed by atoms with E-state index in [0.29, 0.717) is 11.5 Å². The summed E-state index contributed by atoms with van der Waals surface area (Å²) in [7, 11) is 0. The number of carbonyl (C=O) groups is 2. The summed E-state index contributed by atoms with van der Waals surface area (Å²) in [4.78, 5) is 22.4. The fraction of sp³-hybridized carbons (Fsp3) is 0.333. The van der Waals surface area contributed by atoms with Gasteiger partial charge in [0.25, 0.3) is 5.91 Å². The number of para-hydroxylation sites is 2. The Balaban J connectivity index is 1.97. The molecule has 1 aliphatic rings. The molecule has 1 atom stereocenters. The predicted molar refractivity (Wildman–Crippen MR) is 60.0 cm³/mol. The fourth-order valence-electron chi connectivity index (χ4n) is 1.47. The van der Waals surface area contributed by atoms with Gasteiger partial charge in [0, 0.05) is 0 Å². The van der Waals surface area contributed by atoms with Crippen LogP contribution in [0.1, 0.15) is 6.92 Å². The second-order valence-corrected chi connectivity index (χ2v) is 3.78. The van der Waals surface area contributed by atoms with Crippen molar-refractivity contribution in [3.05, 3.63) is 24.3 Å². The lowest BCUT2D eigenvalue weighted by atomic mass is 10.2. The number of rotatable bonds is 3. The number of nitrogens with one attached hydrogen (secondary N) is 1. The zero-order valence-corrected chi connectivity index (χ0v) is 9.43. The van der Waals surface area contributed by atoms with E-state index >= 15 is 0 Å². The first kappa shape index (κ1) is 11.4. The van der Waals surface area contributed by atoms with Gasteiger partial charge in [-0.25, -0.2) is 0 Å². The molecule has 0 aliphatic carbocycles. The highest BCUT2D eigenvalue weighted by atomic mass is 16.6. The molecular formula is C12H13NO4. The zero-order chi connectivity index (χ0) is 12.3. The van der Waals surface area contributed by atoms with Crippen LogP contribution in [0.15, 0.2) is 24.3 Å². The Morgan fingerprint density at radius 1 is 1.35 bits per heavy atom. The minimum atomic E-state index is -0.704. The van der Waals surface area contributed by atoms with Crippen LogP contribution in [0.5, 0.6) is 11.5 Å². The topological polar surface area (TPSA) is 64.6 Å². The lowest BCUT2D eigenvalue weighted by Gasteiger charge is -2.25. The van der Waals surface area contributed by atoms with E-state index in [1.165, 1.54) is 6.92 Å². The monoisotopic (exact) mass is 235 g/mol. The summed E-state index contributed by atoms with van der Waals surface area (Å²) >= 11 is 0. The highest BCUT2D eigenvalue weighted by molar-refractivity contribution is 5.87. The molecule has 1 heterocycles. The van der Waals surface area contributed by atoms with Crippen molar-refractivity contribution in [2.75, 3.05) is 13.2 Å². The number of ether oxygens (including phenoxy) is 2. The van der Waals surface area contributed by atoms with Crippen LogP contribution in [0.3, 0.4) is 0 Å². The summed E-state index contributed by atoms with van der Waals surface area (Å²) < 4.78 is 10.9. The molecule has 17 heavy (non-hydrogen) atoms. The molecule has 1 aromatic carbocycles. The van der Waals surface area contributed by atoms with E-state index in [9.17, 15) is 9.59 Å². The van der Waals surface area contributed by atoms with E-state index in [1.807, 2.05) is 6.07 Å². The van der Waals surface area contributed by atoms with Crippen molar-refractivity contribution in [1.29, 1.82) is 0 Å². The predicted octanol–water partition coefficient (Wildman–Crippen LogP) is 0.532. The van der Waals surface area contributed by atoms with Crippen LogP contribution in [-0.4, -0.2) is 30.9 Å². The Hall–Kier alpha value is -2.04. The highest BCUT2D eigenvalue weighted by Gasteiger charge is 2.26. The Morgan fingerprint density at radius 3 is 2.76 bits per heavy atom. The van der Waals surface area contributed by atoms with Crippen LogP contribution in [0, 0.1) is 0 Å². The van der Waals surface area contributed by atoms with E-state index in [1.54, 1.807) is 18.2 Å². The second-order valence-electron chi connectivity index (χ2n) is 3.78. The normalized spacial score (nSPS) is 17.4. The summed E-state index contributed by atoms with van der Waals surface area (Å²) in [6.45, 7) is 1.58. The molecule has 0 bridgehead atoms. The SMILES string of the molecule is CC(=O)CNC(=O)C1COc2ccccc2O1. The van der Waals surface area contributed by atoms with Crippen LogP contribution in [0.2, 0.25) is 0 Å². The Labute approximate surface area is 98.7 Å². The van der Waals surface area contributed by atoms with Gasteiger partial charge < -0.3 is 14.8 Å². The lowest BCUT2D eigenvalue weighted by Crippen LogP contribution is -2.45. The van der Waals surface area contributed by atoms with E-state index in [4.69, 9.17) is 9.47 Å². The fourth-order valence-corrected chi connectivity index (χ4v) is 1.47. The quantitative estimate of drug-likeness (QED) is 0.830. The van der Waals surface area contributed by atoms with E-state index in [-0.39, 0.29) is 24.8 Å². The van der Waals surface area contributed by atoms with Crippen molar-refractivity contribution in [2.24, 2.45) is 0 Å². The minimum absolute atomic E-state index is 0.0142. The summed E-state index contributed by atoms with van der Waals surface area (Å²) in [5.41, 5.74) is 0. The number of benzene rings is 1. The third-order valence-corrected chi connectivity index (χ3v) is 2.31. The lowest BCUT2D eigenvalue weighted by molar-refractivity contribution is -0.132. The van der Waals surface area contributed by atoms with Crippen molar-refractivity contribution < 1.29 is 19.1 Å². The van der Waals surface area contributed by atoms with Crippen molar-refractivity contribution in [3.8, 4) is 11.5 Å². The second kappa shape index (κ2) is 4.86. The summed E-state index contributed by atoms with van der Waals surface area (Å²) in [5.74, 6) is 0.732. The maximum atomic E-state index is 11.6.